The molecule has 0 aliphatic carbocycles. The van der Waals surface area contributed by atoms with E-state index in [-0.39, 0.29) is 0 Å². The van der Waals surface area contributed by atoms with Gasteiger partial charge in [-0.1, -0.05) is 41.9 Å². The molecule has 1 heterocycles. The van der Waals surface area contributed by atoms with Crippen molar-refractivity contribution in [2.24, 2.45) is 0 Å². The Balaban J connectivity index is 0.000000545. The van der Waals surface area contributed by atoms with Crippen LogP contribution in [0.4, 0.5) is 0 Å². The summed E-state index contributed by atoms with van der Waals surface area (Å²) < 4.78 is 1.83. The number of aliphatic hydroxyl groups is 2. The number of hydrogen-bond acceptors (Lipinski definition) is 3. The number of fused-ring (bicyclic) bond motifs is 1. The smallest absolute Gasteiger partial charge is 0.140 e. The molecule has 22 heavy (non-hydrogen) atoms. The summed E-state index contributed by atoms with van der Waals surface area (Å²) in [5.74, 6) is 0. The van der Waals surface area contributed by atoms with Gasteiger partial charge in [0.1, 0.15) is 13.4 Å². The van der Waals surface area contributed by atoms with E-state index in [1.807, 2.05) is 47.3 Å². The average molecular weight is 320 g/mol. The second-order valence-corrected chi connectivity index (χ2v) is 5.13. The van der Waals surface area contributed by atoms with Crippen LogP contribution in [0, 0.1) is 6.92 Å². The normalized spacial score (nSPS) is 10.2. The van der Waals surface area contributed by atoms with Crippen molar-refractivity contribution in [1.29, 1.82) is 0 Å². The highest BCUT2D eigenvalue weighted by atomic mass is 35.5. The van der Waals surface area contributed by atoms with Crippen molar-refractivity contribution in [3.63, 3.8) is 0 Å². The van der Waals surface area contributed by atoms with Crippen molar-refractivity contribution >= 4 is 22.5 Å². The van der Waals surface area contributed by atoms with Gasteiger partial charge >= 0.3 is 0 Å². The molecule has 0 aliphatic rings. The number of aryl methyl sites for hydroxylation is 1. The Labute approximate surface area is 134 Å². The highest BCUT2D eigenvalue weighted by molar-refractivity contribution is 6.30. The van der Waals surface area contributed by atoms with Crippen LogP contribution in [-0.4, -0.2) is 21.7 Å². The van der Waals surface area contributed by atoms with Crippen molar-refractivity contribution in [2.75, 3.05) is 6.79 Å². The molecule has 116 valence electrons. The summed E-state index contributed by atoms with van der Waals surface area (Å²) in [7, 11) is 0. The van der Waals surface area contributed by atoms with Gasteiger partial charge in [-0.25, -0.2) is 0 Å². The van der Waals surface area contributed by atoms with Crippen molar-refractivity contribution in [3.8, 4) is 0 Å². The molecule has 1 aromatic heterocycles. The van der Waals surface area contributed by atoms with Crippen LogP contribution in [0.25, 0.3) is 10.9 Å². The SMILES string of the molecule is Cc1cn(OCc2ccc(Cl)cc2)c2ccccc12.OCO. The van der Waals surface area contributed by atoms with Gasteiger partial charge in [0, 0.05) is 16.6 Å². The van der Waals surface area contributed by atoms with Gasteiger partial charge in [0.05, 0.1) is 5.52 Å². The summed E-state index contributed by atoms with van der Waals surface area (Å²) in [4.78, 5) is 5.84. The minimum Gasteiger partial charge on any atom is -0.409 e. The first-order valence-electron chi connectivity index (χ1n) is 6.82. The molecule has 0 fully saturated rings. The zero-order valence-electron chi connectivity index (χ0n) is 12.2. The monoisotopic (exact) mass is 319 g/mol. The van der Waals surface area contributed by atoms with Crippen LogP contribution in [0.2, 0.25) is 5.02 Å². The lowest BCUT2D eigenvalue weighted by Crippen LogP contribution is -2.09. The third-order valence-corrected chi connectivity index (χ3v) is 3.41. The van der Waals surface area contributed by atoms with E-state index in [1.54, 1.807) is 0 Å². The molecule has 0 amide bonds. The zero-order chi connectivity index (χ0) is 15.9. The van der Waals surface area contributed by atoms with E-state index in [1.165, 1.54) is 10.9 Å². The van der Waals surface area contributed by atoms with E-state index in [0.29, 0.717) is 6.61 Å². The molecule has 0 aliphatic heterocycles. The van der Waals surface area contributed by atoms with Gasteiger partial charge in [0.2, 0.25) is 0 Å². The molecule has 0 bridgehead atoms. The molecule has 0 unspecified atom stereocenters. The number of nitrogens with zero attached hydrogens (tertiary/aromatic N) is 1. The minimum atomic E-state index is -0.750. The fraction of sp³-hybridized carbons (Fsp3) is 0.176. The number of rotatable bonds is 3. The zero-order valence-corrected chi connectivity index (χ0v) is 13.0. The summed E-state index contributed by atoms with van der Waals surface area (Å²) in [6, 6.07) is 15.9. The van der Waals surface area contributed by atoms with Gasteiger partial charge in [-0.3, -0.25) is 0 Å². The van der Waals surface area contributed by atoms with Crippen LogP contribution in [0.3, 0.4) is 0 Å². The average Bonchev–Trinajstić information content (AvgIpc) is 2.85. The molecule has 0 saturated heterocycles. The number of aliphatic hydroxyl groups excluding tert-OH is 1. The second kappa shape index (κ2) is 7.84. The summed E-state index contributed by atoms with van der Waals surface area (Å²) in [6.07, 6.45) is 2.01. The topological polar surface area (TPSA) is 54.6 Å². The van der Waals surface area contributed by atoms with Crippen LogP contribution in [0.1, 0.15) is 11.1 Å². The number of aromatic nitrogens is 1. The standard InChI is InChI=1S/C16H14ClNO.CH4O2/c1-12-10-18(16-5-3-2-4-15(12)16)19-11-13-6-8-14(17)9-7-13;2-1-3/h2-10H,11H2,1H3;2-3H,1H2. The van der Waals surface area contributed by atoms with Crippen molar-refractivity contribution in [3.05, 3.63) is 70.9 Å². The molecule has 3 rings (SSSR count). The molecule has 2 aromatic carbocycles. The van der Waals surface area contributed by atoms with E-state index in [9.17, 15) is 0 Å². The lowest BCUT2D eigenvalue weighted by Gasteiger charge is -2.08. The summed E-state index contributed by atoms with van der Waals surface area (Å²) >= 11 is 5.86. The van der Waals surface area contributed by atoms with E-state index in [4.69, 9.17) is 26.7 Å². The molecular weight excluding hydrogens is 302 g/mol. The van der Waals surface area contributed by atoms with Gasteiger partial charge in [-0.05, 0) is 36.2 Å². The highest BCUT2D eigenvalue weighted by Crippen LogP contribution is 2.19. The maximum absolute atomic E-state index is 7.12. The third-order valence-electron chi connectivity index (χ3n) is 3.16. The lowest BCUT2D eigenvalue weighted by molar-refractivity contribution is 0.0773. The van der Waals surface area contributed by atoms with Crippen molar-refractivity contribution < 1.29 is 15.1 Å². The molecule has 3 aromatic rings. The first-order chi connectivity index (χ1) is 10.7. The first-order valence-corrected chi connectivity index (χ1v) is 7.19. The Kier molecular flexibility index (Phi) is 5.83. The third kappa shape index (κ3) is 4.01. The van der Waals surface area contributed by atoms with Gasteiger partial charge in [-0.15, -0.1) is 0 Å². The Hall–Kier alpha value is -2.01. The van der Waals surface area contributed by atoms with Gasteiger partial charge in [0.25, 0.3) is 0 Å². The molecule has 5 heteroatoms. The van der Waals surface area contributed by atoms with Crippen molar-refractivity contribution in [1.82, 2.24) is 4.73 Å². The van der Waals surface area contributed by atoms with Crippen LogP contribution < -0.4 is 4.84 Å². The lowest BCUT2D eigenvalue weighted by atomic mass is 10.2. The second-order valence-electron chi connectivity index (χ2n) is 4.70. The van der Waals surface area contributed by atoms with Crippen LogP contribution >= 0.6 is 11.6 Å². The molecule has 0 radical (unpaired) electrons. The van der Waals surface area contributed by atoms with Gasteiger partial charge < -0.3 is 15.1 Å². The Morgan fingerprint density at radius 3 is 2.36 bits per heavy atom. The molecule has 0 spiro atoms. The first kappa shape index (κ1) is 16.4. The molecule has 2 N–H and O–H groups in total. The molecule has 4 nitrogen and oxygen atoms in total. The molecule has 0 saturated carbocycles. The Morgan fingerprint density at radius 1 is 1.05 bits per heavy atom. The van der Waals surface area contributed by atoms with E-state index < -0.39 is 6.79 Å². The number of benzene rings is 2. The van der Waals surface area contributed by atoms with E-state index in [0.717, 1.165) is 16.1 Å². The van der Waals surface area contributed by atoms with Gasteiger partial charge in [-0.2, -0.15) is 4.73 Å². The molecule has 0 atom stereocenters. The predicted molar refractivity (Wildman–Crippen MR) is 87.7 cm³/mol. The Bertz CT molecular complexity index is 722. The predicted octanol–water partition coefficient (Wildman–Crippen LogP) is 3.16. The maximum atomic E-state index is 7.12. The summed E-state index contributed by atoms with van der Waals surface area (Å²) in [5.41, 5.74) is 3.40. The number of hydrogen-bond donors (Lipinski definition) is 2. The van der Waals surface area contributed by atoms with Gasteiger partial charge in [0.15, 0.2) is 0 Å². The van der Waals surface area contributed by atoms with E-state index in [2.05, 4.69) is 19.1 Å². The quantitative estimate of drug-likeness (QED) is 0.729. The summed E-state index contributed by atoms with van der Waals surface area (Å²) in [6.45, 7) is 1.86. The molecular formula is C17H18ClNO3. The van der Waals surface area contributed by atoms with Crippen molar-refractivity contribution in [2.45, 2.75) is 13.5 Å². The fourth-order valence-electron chi connectivity index (χ4n) is 2.15. The maximum Gasteiger partial charge on any atom is 0.140 e. The summed E-state index contributed by atoms with van der Waals surface area (Å²) in [5, 5.41) is 16.2. The van der Waals surface area contributed by atoms with E-state index >= 15 is 0 Å². The van der Waals surface area contributed by atoms with Crippen LogP contribution in [0.5, 0.6) is 0 Å². The largest absolute Gasteiger partial charge is 0.409 e. The highest BCUT2D eigenvalue weighted by Gasteiger charge is 2.05. The van der Waals surface area contributed by atoms with Crippen LogP contribution in [0.15, 0.2) is 54.7 Å². The fourth-order valence-corrected chi connectivity index (χ4v) is 2.27. The Morgan fingerprint density at radius 2 is 1.68 bits per heavy atom. The minimum absolute atomic E-state index is 0.523. The van der Waals surface area contributed by atoms with Crippen LogP contribution in [-0.2, 0) is 6.61 Å². The number of halogens is 1. The number of para-hydroxylation sites is 1.